The van der Waals surface area contributed by atoms with Crippen molar-refractivity contribution in [2.45, 2.75) is 19.5 Å². The van der Waals surface area contributed by atoms with Gasteiger partial charge >= 0.3 is 0 Å². The summed E-state index contributed by atoms with van der Waals surface area (Å²) >= 11 is 0. The van der Waals surface area contributed by atoms with Crippen LogP contribution in [0.3, 0.4) is 0 Å². The van der Waals surface area contributed by atoms with E-state index in [9.17, 15) is 9.90 Å². The Kier molecular flexibility index (Phi) is 4.28. The fraction of sp³-hybridized carbons (Fsp3) is 0.538. The molecule has 18 heavy (non-hydrogen) atoms. The lowest BCUT2D eigenvalue weighted by atomic mass is 10.1. The minimum Gasteiger partial charge on any atom is -0.394 e. The third-order valence-corrected chi connectivity index (χ3v) is 3.13. The standard InChI is InChI=1S/C13H19N3O2/c1-10-5-15-12(9-17)13(18)16(7-10)8-11-3-2-4-14-6-11/h2-4,6,10,12,15,17H,5,7-9H2,1H3. The maximum Gasteiger partial charge on any atom is 0.242 e. The molecule has 0 spiro atoms. The van der Waals surface area contributed by atoms with E-state index in [4.69, 9.17) is 0 Å². The molecule has 0 aromatic carbocycles. The summed E-state index contributed by atoms with van der Waals surface area (Å²) in [6, 6.07) is 3.34. The first-order chi connectivity index (χ1) is 8.70. The van der Waals surface area contributed by atoms with Crippen molar-refractivity contribution in [2.75, 3.05) is 19.7 Å². The van der Waals surface area contributed by atoms with Gasteiger partial charge in [-0.15, -0.1) is 0 Å². The molecule has 5 nitrogen and oxygen atoms in total. The summed E-state index contributed by atoms with van der Waals surface area (Å²) in [6.45, 7) is 3.94. The lowest BCUT2D eigenvalue weighted by Crippen LogP contribution is -2.45. The first kappa shape index (κ1) is 13.0. The minimum absolute atomic E-state index is 0.0364. The van der Waals surface area contributed by atoms with Gasteiger partial charge in [-0.1, -0.05) is 13.0 Å². The molecule has 1 aliphatic rings. The average molecular weight is 249 g/mol. The van der Waals surface area contributed by atoms with Crippen molar-refractivity contribution >= 4 is 5.91 Å². The second kappa shape index (κ2) is 5.93. The molecule has 0 saturated carbocycles. The van der Waals surface area contributed by atoms with Crippen LogP contribution >= 0.6 is 0 Å². The minimum atomic E-state index is -0.480. The Labute approximate surface area is 107 Å². The van der Waals surface area contributed by atoms with Crippen LogP contribution < -0.4 is 5.32 Å². The Morgan fingerprint density at radius 2 is 2.44 bits per heavy atom. The maximum atomic E-state index is 12.2. The van der Waals surface area contributed by atoms with Crippen LogP contribution in [-0.2, 0) is 11.3 Å². The predicted molar refractivity (Wildman–Crippen MR) is 67.7 cm³/mol. The van der Waals surface area contributed by atoms with Crippen LogP contribution in [0.15, 0.2) is 24.5 Å². The normalized spacial score (nSPS) is 25.0. The van der Waals surface area contributed by atoms with Gasteiger partial charge in [-0.05, 0) is 17.5 Å². The molecule has 1 aromatic rings. The average Bonchev–Trinajstić information content (AvgIpc) is 2.51. The summed E-state index contributed by atoms with van der Waals surface area (Å²) in [5.74, 6) is 0.341. The Morgan fingerprint density at radius 1 is 1.61 bits per heavy atom. The lowest BCUT2D eigenvalue weighted by molar-refractivity contribution is -0.134. The Balaban J connectivity index is 2.11. The Bertz CT molecular complexity index is 396. The summed E-state index contributed by atoms with van der Waals surface area (Å²) in [6.07, 6.45) is 3.48. The molecule has 1 fully saturated rings. The van der Waals surface area contributed by atoms with Gasteiger partial charge in [0.15, 0.2) is 0 Å². The van der Waals surface area contributed by atoms with Gasteiger partial charge in [0.2, 0.25) is 5.91 Å². The van der Waals surface area contributed by atoms with Gasteiger partial charge in [-0.3, -0.25) is 9.78 Å². The fourth-order valence-corrected chi connectivity index (χ4v) is 2.18. The molecule has 5 heteroatoms. The number of amides is 1. The van der Waals surface area contributed by atoms with E-state index in [0.717, 1.165) is 12.1 Å². The number of pyridine rings is 1. The van der Waals surface area contributed by atoms with Crippen LogP contribution in [0.2, 0.25) is 0 Å². The van der Waals surface area contributed by atoms with E-state index in [1.54, 1.807) is 17.3 Å². The zero-order valence-electron chi connectivity index (χ0n) is 10.5. The zero-order valence-corrected chi connectivity index (χ0v) is 10.5. The Hall–Kier alpha value is -1.46. The highest BCUT2D eigenvalue weighted by molar-refractivity contribution is 5.82. The number of hydrogen-bond acceptors (Lipinski definition) is 4. The molecule has 2 N–H and O–H groups in total. The molecule has 1 amide bonds. The summed E-state index contributed by atoms with van der Waals surface area (Å²) in [4.78, 5) is 18.1. The van der Waals surface area contributed by atoms with Crippen molar-refractivity contribution in [3.8, 4) is 0 Å². The number of aliphatic hydroxyl groups excluding tert-OH is 1. The molecule has 2 rings (SSSR count). The molecule has 2 heterocycles. The smallest absolute Gasteiger partial charge is 0.242 e. The summed E-state index contributed by atoms with van der Waals surface area (Å²) < 4.78 is 0. The topological polar surface area (TPSA) is 65.5 Å². The van der Waals surface area contributed by atoms with E-state index in [1.807, 2.05) is 12.1 Å². The molecule has 1 aromatic heterocycles. The van der Waals surface area contributed by atoms with Crippen molar-refractivity contribution in [1.82, 2.24) is 15.2 Å². The molecular weight excluding hydrogens is 230 g/mol. The first-order valence-electron chi connectivity index (χ1n) is 6.22. The van der Waals surface area contributed by atoms with Crippen LogP contribution in [0.4, 0.5) is 0 Å². The van der Waals surface area contributed by atoms with Crippen LogP contribution in [0.5, 0.6) is 0 Å². The van der Waals surface area contributed by atoms with Gasteiger partial charge in [0.05, 0.1) is 6.61 Å². The molecule has 2 unspecified atom stereocenters. The highest BCUT2D eigenvalue weighted by Crippen LogP contribution is 2.11. The largest absolute Gasteiger partial charge is 0.394 e. The van der Waals surface area contributed by atoms with Crippen molar-refractivity contribution in [3.63, 3.8) is 0 Å². The van der Waals surface area contributed by atoms with Gasteiger partial charge in [0.1, 0.15) is 6.04 Å². The number of carbonyl (C=O) groups excluding carboxylic acids is 1. The van der Waals surface area contributed by atoms with E-state index in [1.165, 1.54) is 0 Å². The number of rotatable bonds is 3. The van der Waals surface area contributed by atoms with E-state index in [2.05, 4.69) is 17.2 Å². The zero-order chi connectivity index (χ0) is 13.0. The first-order valence-corrected chi connectivity index (χ1v) is 6.22. The van der Waals surface area contributed by atoms with Gasteiger partial charge in [0, 0.05) is 32.0 Å². The molecule has 0 bridgehead atoms. The SMILES string of the molecule is CC1CNC(CO)C(=O)N(Cc2cccnc2)C1. The number of carbonyl (C=O) groups is 1. The van der Waals surface area contributed by atoms with Crippen molar-refractivity contribution in [2.24, 2.45) is 5.92 Å². The molecule has 1 saturated heterocycles. The van der Waals surface area contributed by atoms with E-state index >= 15 is 0 Å². The number of aliphatic hydroxyl groups is 1. The maximum absolute atomic E-state index is 12.2. The number of nitrogens with one attached hydrogen (secondary N) is 1. The number of hydrogen-bond donors (Lipinski definition) is 2. The highest BCUT2D eigenvalue weighted by Gasteiger charge is 2.28. The third-order valence-electron chi connectivity index (χ3n) is 3.13. The second-order valence-electron chi connectivity index (χ2n) is 4.83. The van der Waals surface area contributed by atoms with E-state index in [0.29, 0.717) is 19.0 Å². The van der Waals surface area contributed by atoms with Crippen molar-refractivity contribution in [3.05, 3.63) is 30.1 Å². The summed E-state index contributed by atoms with van der Waals surface area (Å²) in [7, 11) is 0. The summed E-state index contributed by atoms with van der Waals surface area (Å²) in [5.41, 5.74) is 1.01. The monoisotopic (exact) mass is 249 g/mol. The van der Waals surface area contributed by atoms with Crippen molar-refractivity contribution < 1.29 is 9.90 Å². The molecule has 2 atom stereocenters. The second-order valence-corrected chi connectivity index (χ2v) is 4.83. The van der Waals surface area contributed by atoms with Crippen LogP contribution in [0.25, 0.3) is 0 Å². The van der Waals surface area contributed by atoms with Crippen LogP contribution in [-0.4, -0.2) is 46.6 Å². The van der Waals surface area contributed by atoms with Crippen molar-refractivity contribution in [1.29, 1.82) is 0 Å². The van der Waals surface area contributed by atoms with Gasteiger partial charge in [-0.2, -0.15) is 0 Å². The highest BCUT2D eigenvalue weighted by atomic mass is 16.3. The Morgan fingerprint density at radius 3 is 3.11 bits per heavy atom. The molecule has 98 valence electrons. The van der Waals surface area contributed by atoms with Gasteiger partial charge in [-0.25, -0.2) is 0 Å². The lowest BCUT2D eigenvalue weighted by Gasteiger charge is -2.24. The molecular formula is C13H19N3O2. The molecule has 1 aliphatic heterocycles. The predicted octanol–water partition coefficient (Wildman–Crippen LogP) is 0.0104. The summed E-state index contributed by atoms with van der Waals surface area (Å²) in [5, 5.41) is 12.3. The van der Waals surface area contributed by atoms with Gasteiger partial charge < -0.3 is 15.3 Å². The quantitative estimate of drug-likeness (QED) is 0.792. The van der Waals surface area contributed by atoms with E-state index in [-0.39, 0.29) is 12.5 Å². The third kappa shape index (κ3) is 3.05. The fourth-order valence-electron chi connectivity index (χ4n) is 2.18. The van der Waals surface area contributed by atoms with Gasteiger partial charge in [0.25, 0.3) is 0 Å². The van der Waals surface area contributed by atoms with E-state index < -0.39 is 6.04 Å². The molecule has 0 radical (unpaired) electrons. The van der Waals surface area contributed by atoms with Crippen LogP contribution in [0, 0.1) is 5.92 Å². The molecule has 0 aliphatic carbocycles. The number of nitrogens with zero attached hydrogens (tertiary/aromatic N) is 2. The number of aromatic nitrogens is 1. The van der Waals surface area contributed by atoms with Crippen LogP contribution in [0.1, 0.15) is 12.5 Å².